The highest BCUT2D eigenvalue weighted by atomic mass is 15.1. The molecule has 0 aliphatic rings. The molecule has 1 nitrogen and oxygen atoms in total. The molecular formula is C44H35N. The van der Waals surface area contributed by atoms with E-state index in [-0.39, 0.29) is 0 Å². The number of hydrogen-bond acceptors (Lipinski definition) is 1. The molecule has 0 saturated carbocycles. The van der Waals surface area contributed by atoms with Crippen molar-refractivity contribution in [3.63, 3.8) is 0 Å². The van der Waals surface area contributed by atoms with Gasteiger partial charge >= 0.3 is 0 Å². The summed E-state index contributed by atoms with van der Waals surface area (Å²) in [6, 6.07) is 63.6. The lowest BCUT2D eigenvalue weighted by atomic mass is 9.95. The third kappa shape index (κ3) is 6.20. The number of rotatable bonds is 7. The fourth-order valence-electron chi connectivity index (χ4n) is 5.92. The largest absolute Gasteiger partial charge is 0.310 e. The summed E-state index contributed by atoms with van der Waals surface area (Å²) in [5.74, 6) is 0. The third-order valence-corrected chi connectivity index (χ3v) is 8.35. The second-order valence-electron chi connectivity index (χ2n) is 11.7. The van der Waals surface area contributed by atoms with Crippen molar-refractivity contribution >= 4 is 17.1 Å². The van der Waals surface area contributed by atoms with E-state index in [1.165, 1.54) is 55.6 Å². The minimum absolute atomic E-state index is 1.11. The van der Waals surface area contributed by atoms with Crippen LogP contribution in [0.2, 0.25) is 0 Å². The van der Waals surface area contributed by atoms with Crippen LogP contribution in [-0.2, 0) is 0 Å². The van der Waals surface area contributed by atoms with Crippen LogP contribution >= 0.6 is 0 Å². The van der Waals surface area contributed by atoms with Crippen molar-refractivity contribution in [2.24, 2.45) is 0 Å². The highest BCUT2D eigenvalue weighted by molar-refractivity contribution is 5.88. The van der Waals surface area contributed by atoms with Crippen LogP contribution in [0.5, 0.6) is 0 Å². The highest BCUT2D eigenvalue weighted by Crippen LogP contribution is 2.42. The van der Waals surface area contributed by atoms with E-state index in [0.29, 0.717) is 0 Å². The van der Waals surface area contributed by atoms with Gasteiger partial charge in [0.05, 0.1) is 0 Å². The number of para-hydroxylation sites is 1. The van der Waals surface area contributed by atoms with Gasteiger partial charge in [0, 0.05) is 17.1 Å². The lowest BCUT2D eigenvalue weighted by molar-refractivity contribution is 1.28. The van der Waals surface area contributed by atoms with E-state index in [4.69, 9.17) is 0 Å². The molecule has 0 heterocycles. The van der Waals surface area contributed by atoms with Gasteiger partial charge in [0.2, 0.25) is 0 Å². The Morgan fingerprint density at radius 1 is 0.267 bits per heavy atom. The van der Waals surface area contributed by atoms with Gasteiger partial charge in [-0.25, -0.2) is 0 Å². The highest BCUT2D eigenvalue weighted by Gasteiger charge is 2.18. The first-order valence-corrected chi connectivity index (χ1v) is 15.5. The molecule has 1 heteroatoms. The average molecular weight is 578 g/mol. The van der Waals surface area contributed by atoms with E-state index >= 15 is 0 Å². The number of aryl methyl sites for hydroxylation is 2. The molecule has 0 aromatic heterocycles. The molecule has 0 spiro atoms. The summed E-state index contributed by atoms with van der Waals surface area (Å²) in [5, 5.41) is 0. The molecule has 7 aromatic carbocycles. The molecule has 7 rings (SSSR count). The van der Waals surface area contributed by atoms with E-state index in [9.17, 15) is 0 Å². The van der Waals surface area contributed by atoms with Gasteiger partial charge in [-0.05, 0) is 107 Å². The van der Waals surface area contributed by atoms with Gasteiger partial charge in [-0.2, -0.15) is 0 Å². The van der Waals surface area contributed by atoms with Crippen molar-refractivity contribution in [2.45, 2.75) is 13.8 Å². The van der Waals surface area contributed by atoms with Crippen LogP contribution in [0.15, 0.2) is 176 Å². The lowest BCUT2D eigenvalue weighted by Gasteiger charge is -2.28. The maximum absolute atomic E-state index is 2.40. The fraction of sp³-hybridized carbons (Fsp3) is 0.0455. The van der Waals surface area contributed by atoms with Gasteiger partial charge in [-0.3, -0.25) is 0 Å². The molecule has 0 bridgehead atoms. The van der Waals surface area contributed by atoms with Gasteiger partial charge < -0.3 is 4.90 Å². The van der Waals surface area contributed by atoms with E-state index in [2.05, 4.69) is 195 Å². The Bertz CT molecular complexity index is 1900. The number of nitrogens with zero attached hydrogens (tertiary/aromatic N) is 1. The monoisotopic (exact) mass is 577 g/mol. The molecular weight excluding hydrogens is 542 g/mol. The SMILES string of the molecule is Cc1ccc(-c2cc(-c3ccc(C)cc3)cc(N(c3ccccc3)c3cc(-c4ccccc4)cc(-c4ccccc4)c3)c2)cc1. The van der Waals surface area contributed by atoms with Gasteiger partial charge in [-0.1, -0.05) is 139 Å². The molecule has 0 atom stereocenters. The van der Waals surface area contributed by atoms with Crippen LogP contribution in [0.25, 0.3) is 44.5 Å². The Labute approximate surface area is 266 Å². The fourth-order valence-corrected chi connectivity index (χ4v) is 5.92. The van der Waals surface area contributed by atoms with Crippen LogP contribution in [0.4, 0.5) is 17.1 Å². The Morgan fingerprint density at radius 3 is 0.933 bits per heavy atom. The molecule has 216 valence electrons. The summed E-state index contributed by atoms with van der Waals surface area (Å²) in [7, 11) is 0. The molecule has 0 aliphatic carbocycles. The summed E-state index contributed by atoms with van der Waals surface area (Å²) in [6.07, 6.45) is 0. The van der Waals surface area contributed by atoms with Crippen molar-refractivity contribution in [1.82, 2.24) is 0 Å². The molecule has 0 saturated heterocycles. The summed E-state index contributed by atoms with van der Waals surface area (Å²) >= 11 is 0. The van der Waals surface area contributed by atoms with Crippen LogP contribution in [0, 0.1) is 13.8 Å². The predicted octanol–water partition coefficient (Wildman–Crippen LogP) is 12.4. The molecule has 0 amide bonds. The number of hydrogen-bond donors (Lipinski definition) is 0. The first-order valence-electron chi connectivity index (χ1n) is 15.5. The van der Waals surface area contributed by atoms with Gasteiger partial charge in [0.25, 0.3) is 0 Å². The van der Waals surface area contributed by atoms with Crippen molar-refractivity contribution < 1.29 is 0 Å². The number of benzene rings is 7. The molecule has 0 N–H and O–H groups in total. The van der Waals surface area contributed by atoms with E-state index in [0.717, 1.165) is 17.1 Å². The maximum Gasteiger partial charge on any atom is 0.0473 e. The van der Waals surface area contributed by atoms with Crippen molar-refractivity contribution in [1.29, 1.82) is 0 Å². The maximum atomic E-state index is 2.40. The predicted molar refractivity (Wildman–Crippen MR) is 192 cm³/mol. The standard InChI is InChI=1S/C44H35N/c1-32-18-22-36(23-19-32)40-27-41(37-24-20-33(2)21-25-37)31-44(30-40)45(42-16-10-5-11-17-42)43-28-38(34-12-6-3-7-13-34)26-39(29-43)35-14-8-4-9-15-35/h3-31H,1-2H3. The summed E-state index contributed by atoms with van der Waals surface area (Å²) in [4.78, 5) is 2.40. The molecule has 45 heavy (non-hydrogen) atoms. The van der Waals surface area contributed by atoms with Crippen LogP contribution in [0.1, 0.15) is 11.1 Å². The topological polar surface area (TPSA) is 3.24 Å². The second kappa shape index (κ2) is 12.5. The lowest BCUT2D eigenvalue weighted by Crippen LogP contribution is -2.10. The molecule has 0 aliphatic heterocycles. The minimum atomic E-state index is 1.11. The summed E-state index contributed by atoms with van der Waals surface area (Å²) in [5.41, 5.74) is 15.4. The molecule has 0 fully saturated rings. The Kier molecular flexibility index (Phi) is 7.83. The third-order valence-electron chi connectivity index (χ3n) is 8.35. The Hall–Kier alpha value is -5.66. The number of anilines is 3. The van der Waals surface area contributed by atoms with Crippen LogP contribution in [0.3, 0.4) is 0 Å². The first kappa shape index (κ1) is 28.1. The minimum Gasteiger partial charge on any atom is -0.310 e. The second-order valence-corrected chi connectivity index (χ2v) is 11.7. The zero-order chi connectivity index (χ0) is 30.6. The van der Waals surface area contributed by atoms with E-state index in [1.54, 1.807) is 0 Å². The zero-order valence-electron chi connectivity index (χ0n) is 25.7. The van der Waals surface area contributed by atoms with Gasteiger partial charge in [0.1, 0.15) is 0 Å². The van der Waals surface area contributed by atoms with E-state index < -0.39 is 0 Å². The van der Waals surface area contributed by atoms with Crippen LogP contribution < -0.4 is 4.90 Å². The summed E-state index contributed by atoms with van der Waals surface area (Å²) in [6.45, 7) is 4.28. The quantitative estimate of drug-likeness (QED) is 0.182. The molecule has 0 radical (unpaired) electrons. The Balaban J connectivity index is 1.49. The van der Waals surface area contributed by atoms with Gasteiger partial charge in [-0.15, -0.1) is 0 Å². The van der Waals surface area contributed by atoms with Crippen molar-refractivity contribution in [2.75, 3.05) is 4.90 Å². The van der Waals surface area contributed by atoms with Crippen LogP contribution in [-0.4, -0.2) is 0 Å². The van der Waals surface area contributed by atoms with Crippen molar-refractivity contribution in [3.05, 3.63) is 187 Å². The first-order chi connectivity index (χ1) is 22.1. The normalized spacial score (nSPS) is 10.9. The summed E-state index contributed by atoms with van der Waals surface area (Å²) < 4.78 is 0. The van der Waals surface area contributed by atoms with E-state index in [1.807, 2.05) is 0 Å². The smallest absolute Gasteiger partial charge is 0.0473 e. The van der Waals surface area contributed by atoms with Gasteiger partial charge in [0.15, 0.2) is 0 Å². The van der Waals surface area contributed by atoms with Crippen molar-refractivity contribution in [3.8, 4) is 44.5 Å². The Morgan fingerprint density at radius 2 is 0.578 bits per heavy atom. The molecule has 0 unspecified atom stereocenters. The zero-order valence-corrected chi connectivity index (χ0v) is 25.7. The molecule has 7 aromatic rings. The average Bonchev–Trinajstić information content (AvgIpc) is 3.10.